The van der Waals surface area contributed by atoms with Gasteiger partial charge in [-0.1, -0.05) is 37.1 Å². The van der Waals surface area contributed by atoms with E-state index >= 15 is 0 Å². The Morgan fingerprint density at radius 1 is 1.00 bits per heavy atom. The van der Waals surface area contributed by atoms with Crippen LogP contribution in [0.4, 0.5) is 17.3 Å². The molecule has 1 aliphatic heterocycles. The average Bonchev–Trinajstić information content (AvgIpc) is 3.33. The van der Waals surface area contributed by atoms with Crippen LogP contribution in [0.5, 0.6) is 0 Å². The number of fused-ring (bicyclic) bond motifs is 5. The molecule has 6 rings (SSSR count). The Balaban J connectivity index is 1.15. The Morgan fingerprint density at radius 3 is 2.37 bits per heavy atom. The van der Waals surface area contributed by atoms with Crippen LogP contribution in [0.1, 0.15) is 74.1 Å². The number of carbonyl (C=O) groups is 2. The zero-order chi connectivity index (χ0) is 32.8. The zero-order valence-electron chi connectivity index (χ0n) is 29.5. The van der Waals surface area contributed by atoms with Crippen LogP contribution in [0.3, 0.4) is 0 Å². The van der Waals surface area contributed by atoms with Crippen LogP contribution in [0.25, 0.3) is 0 Å². The summed E-state index contributed by atoms with van der Waals surface area (Å²) in [5, 5.41) is 0. The van der Waals surface area contributed by atoms with Crippen LogP contribution < -0.4 is 14.7 Å². The highest BCUT2D eigenvalue weighted by atomic mass is 16.1. The number of allylic oxidation sites excluding steroid dienone is 6. The minimum Gasteiger partial charge on any atom is -0.369 e. The van der Waals surface area contributed by atoms with Crippen LogP contribution in [-0.4, -0.2) is 80.4 Å². The smallest absolute Gasteiger partial charge is 0.178 e. The minimum absolute atomic E-state index is 0.00568. The molecule has 0 N–H and O–H groups in total. The quantitative estimate of drug-likeness (QED) is 0.273. The van der Waals surface area contributed by atoms with E-state index in [-0.39, 0.29) is 22.5 Å². The molecule has 46 heavy (non-hydrogen) atoms. The third kappa shape index (κ3) is 5.54. The van der Waals surface area contributed by atoms with E-state index in [0.717, 1.165) is 89.7 Å². The highest BCUT2D eigenvalue weighted by Gasteiger charge is 2.59. The van der Waals surface area contributed by atoms with Gasteiger partial charge in [0.1, 0.15) is 5.82 Å². The number of hydrogen-bond acceptors (Lipinski definition) is 7. The van der Waals surface area contributed by atoms with Crippen molar-refractivity contribution in [3.05, 3.63) is 47.6 Å². The molecule has 7 nitrogen and oxygen atoms in total. The maximum Gasteiger partial charge on any atom is 0.178 e. The van der Waals surface area contributed by atoms with Gasteiger partial charge >= 0.3 is 0 Å². The number of carbonyl (C=O) groups excluding carboxylic acids is 2. The second-order valence-electron chi connectivity index (χ2n) is 15.0. The first kappa shape index (κ1) is 33.0. The molecule has 1 saturated heterocycles. The highest BCUT2D eigenvalue weighted by Crippen LogP contribution is 2.65. The zero-order valence-corrected chi connectivity index (χ0v) is 29.5. The van der Waals surface area contributed by atoms with Crippen molar-refractivity contribution in [2.45, 2.75) is 74.1 Å². The van der Waals surface area contributed by atoms with Crippen LogP contribution in [-0.2, 0) is 9.59 Å². The molecule has 0 amide bonds. The normalized spacial score (nSPS) is 32.3. The maximum atomic E-state index is 14.3. The predicted molar refractivity (Wildman–Crippen MR) is 190 cm³/mol. The van der Waals surface area contributed by atoms with E-state index in [1.165, 1.54) is 16.8 Å². The topological polar surface area (TPSA) is 60.0 Å². The third-order valence-electron chi connectivity index (χ3n) is 12.7. The molecule has 0 radical (unpaired) electrons. The Kier molecular flexibility index (Phi) is 9.28. The Morgan fingerprint density at radius 2 is 1.70 bits per heavy atom. The van der Waals surface area contributed by atoms with Gasteiger partial charge in [-0.3, -0.25) is 14.5 Å². The molecule has 0 bridgehead atoms. The lowest BCUT2D eigenvalue weighted by Crippen LogP contribution is -2.51. The van der Waals surface area contributed by atoms with Crippen molar-refractivity contribution in [3.63, 3.8) is 0 Å². The number of nitrogens with zero attached hydrogens (tertiary/aromatic N) is 5. The lowest BCUT2D eigenvalue weighted by Gasteiger charge is -2.52. The SMILES string of the molecule is CCN(CC)c1ccc(N(CC)CC)c(N2CCN(CC(=O)[C@H]3[C@H](C)CC4C5CCC6=CC(=O)C=C[C@]6(C)C5=CC[C@@]43C)CC2)n1. The van der Waals surface area contributed by atoms with E-state index in [1.54, 1.807) is 6.08 Å². The minimum atomic E-state index is -0.131. The van der Waals surface area contributed by atoms with Crippen molar-refractivity contribution >= 4 is 28.9 Å². The van der Waals surface area contributed by atoms with Gasteiger partial charge in [-0.05, 0) is 108 Å². The number of hydrogen-bond donors (Lipinski definition) is 0. The number of anilines is 3. The number of ketones is 2. The highest BCUT2D eigenvalue weighted by molar-refractivity contribution is 6.01. The van der Waals surface area contributed by atoms with Crippen molar-refractivity contribution in [3.8, 4) is 0 Å². The molecule has 4 aliphatic carbocycles. The molecule has 7 heteroatoms. The first-order valence-corrected chi connectivity index (χ1v) is 18.2. The number of rotatable bonds is 10. The van der Waals surface area contributed by atoms with E-state index in [0.29, 0.717) is 30.1 Å². The second-order valence-corrected chi connectivity index (χ2v) is 15.0. The van der Waals surface area contributed by atoms with E-state index in [4.69, 9.17) is 4.98 Å². The molecule has 1 aromatic heterocycles. The summed E-state index contributed by atoms with van der Waals surface area (Å²) in [6.07, 6.45) is 12.5. The van der Waals surface area contributed by atoms with Gasteiger partial charge in [0, 0.05) is 63.7 Å². The number of aromatic nitrogens is 1. The second kappa shape index (κ2) is 12.9. The van der Waals surface area contributed by atoms with Gasteiger partial charge < -0.3 is 14.7 Å². The maximum absolute atomic E-state index is 14.3. The van der Waals surface area contributed by atoms with Crippen molar-refractivity contribution < 1.29 is 9.59 Å². The molecule has 0 spiro atoms. The van der Waals surface area contributed by atoms with Gasteiger partial charge in [0.25, 0.3) is 0 Å². The van der Waals surface area contributed by atoms with Crippen LogP contribution in [0.15, 0.2) is 47.6 Å². The molecule has 1 aromatic rings. The van der Waals surface area contributed by atoms with Crippen molar-refractivity contribution in [2.75, 3.05) is 73.6 Å². The summed E-state index contributed by atoms with van der Waals surface area (Å²) in [6.45, 7) is 23.7. The first-order valence-electron chi connectivity index (χ1n) is 18.2. The fraction of sp³-hybridized carbons (Fsp3) is 0.667. The Hall–Kier alpha value is -2.93. The summed E-state index contributed by atoms with van der Waals surface area (Å²) in [5.41, 5.74) is 3.88. The molecule has 2 heterocycles. The Labute approximate surface area is 277 Å². The van der Waals surface area contributed by atoms with Crippen molar-refractivity contribution in [2.24, 2.45) is 34.5 Å². The lowest BCUT2D eigenvalue weighted by atomic mass is 9.52. The summed E-state index contributed by atoms with van der Waals surface area (Å²) >= 11 is 0. The van der Waals surface area contributed by atoms with Gasteiger partial charge in [-0.15, -0.1) is 0 Å². The van der Waals surface area contributed by atoms with Gasteiger partial charge in [0.05, 0.1) is 12.2 Å². The Bertz CT molecular complexity index is 1420. The summed E-state index contributed by atoms with van der Waals surface area (Å²) in [4.78, 5) is 41.2. The van der Waals surface area contributed by atoms with Crippen LogP contribution in [0, 0.1) is 34.5 Å². The molecular formula is C39H57N5O2. The molecule has 6 atom stereocenters. The van der Waals surface area contributed by atoms with E-state index in [2.05, 4.69) is 92.4 Å². The lowest BCUT2D eigenvalue weighted by molar-refractivity contribution is -0.129. The summed E-state index contributed by atoms with van der Waals surface area (Å²) in [6, 6.07) is 4.44. The van der Waals surface area contributed by atoms with Gasteiger partial charge in [0.15, 0.2) is 17.4 Å². The molecule has 3 fully saturated rings. The van der Waals surface area contributed by atoms with E-state index in [9.17, 15) is 9.59 Å². The number of Topliss-reactive ketones (excluding diaryl/α,β-unsaturated/α-hetero) is 1. The van der Waals surface area contributed by atoms with E-state index in [1.807, 2.05) is 6.08 Å². The van der Waals surface area contributed by atoms with Crippen molar-refractivity contribution in [1.82, 2.24) is 9.88 Å². The van der Waals surface area contributed by atoms with E-state index < -0.39 is 0 Å². The fourth-order valence-corrected chi connectivity index (χ4v) is 10.2. The number of pyridine rings is 1. The summed E-state index contributed by atoms with van der Waals surface area (Å²) in [5.74, 6) is 4.23. The number of piperazine rings is 1. The summed E-state index contributed by atoms with van der Waals surface area (Å²) in [7, 11) is 0. The molecule has 250 valence electrons. The van der Waals surface area contributed by atoms with Crippen LogP contribution in [0.2, 0.25) is 0 Å². The average molecular weight is 628 g/mol. The van der Waals surface area contributed by atoms with Crippen LogP contribution >= 0.6 is 0 Å². The molecule has 2 unspecified atom stereocenters. The standard InChI is InChI=1S/C39H57N5O2/c1-8-42(9-2)33-14-15-35(43(10-3)11-4)40-37(33)44-22-20-41(21-23-44)26-34(46)36-27(5)24-32-30-13-12-28-25-29(45)16-18-38(28,6)31(30)17-19-39(32,36)7/h14-18,25,27,30,32,36H,8-13,19-24,26H2,1-7H3/t27-,30?,32?,36-,38+,39+/m1/s1. The predicted octanol–water partition coefficient (Wildman–Crippen LogP) is 6.56. The van der Waals surface area contributed by atoms with Gasteiger partial charge in [0.2, 0.25) is 0 Å². The largest absolute Gasteiger partial charge is 0.369 e. The summed E-state index contributed by atoms with van der Waals surface area (Å²) < 4.78 is 0. The third-order valence-corrected chi connectivity index (χ3v) is 12.7. The molecular weight excluding hydrogens is 570 g/mol. The van der Waals surface area contributed by atoms with Crippen molar-refractivity contribution in [1.29, 1.82) is 0 Å². The first-order chi connectivity index (χ1) is 22.1. The molecule has 5 aliphatic rings. The van der Waals surface area contributed by atoms with Gasteiger partial charge in [-0.25, -0.2) is 4.98 Å². The monoisotopic (exact) mass is 627 g/mol. The molecule has 0 aromatic carbocycles. The van der Waals surface area contributed by atoms with Gasteiger partial charge in [-0.2, -0.15) is 0 Å². The fourth-order valence-electron chi connectivity index (χ4n) is 10.2. The molecule has 2 saturated carbocycles.